The van der Waals surface area contributed by atoms with E-state index < -0.39 is 0 Å². The molecule has 0 unspecified atom stereocenters. The van der Waals surface area contributed by atoms with Crippen molar-refractivity contribution in [1.82, 2.24) is 5.06 Å². The van der Waals surface area contributed by atoms with Crippen LogP contribution >= 0.6 is 0 Å². The molecule has 0 spiro atoms. The standard InChI is InChI=1S/C9H17NO3/c11-7-3-1-5-9(12)10-6-2-4-8-13-10/h11H,1-8H2. The summed E-state index contributed by atoms with van der Waals surface area (Å²) in [6, 6.07) is 0. The number of unbranched alkanes of at least 4 members (excludes halogenated alkanes) is 1. The molecule has 0 saturated carbocycles. The van der Waals surface area contributed by atoms with Gasteiger partial charge in [-0.05, 0) is 25.7 Å². The average Bonchev–Trinajstić information content (AvgIpc) is 2.19. The van der Waals surface area contributed by atoms with Crippen molar-refractivity contribution < 1.29 is 14.7 Å². The van der Waals surface area contributed by atoms with Gasteiger partial charge in [0.2, 0.25) is 5.91 Å². The van der Waals surface area contributed by atoms with Crippen LogP contribution in [0.4, 0.5) is 0 Å². The number of hydrogen-bond acceptors (Lipinski definition) is 3. The van der Waals surface area contributed by atoms with Gasteiger partial charge in [0.15, 0.2) is 0 Å². The second kappa shape index (κ2) is 5.94. The zero-order valence-electron chi connectivity index (χ0n) is 7.87. The van der Waals surface area contributed by atoms with Gasteiger partial charge in [0.05, 0.1) is 6.61 Å². The Hall–Kier alpha value is -0.610. The Morgan fingerprint density at radius 2 is 2.23 bits per heavy atom. The van der Waals surface area contributed by atoms with Crippen molar-refractivity contribution in [1.29, 1.82) is 0 Å². The third kappa shape index (κ3) is 3.74. The number of aliphatic hydroxyl groups excluding tert-OH is 1. The number of aliphatic hydroxyl groups is 1. The van der Waals surface area contributed by atoms with Crippen molar-refractivity contribution >= 4 is 5.91 Å². The Morgan fingerprint density at radius 3 is 2.85 bits per heavy atom. The van der Waals surface area contributed by atoms with Gasteiger partial charge in [-0.2, -0.15) is 0 Å². The molecule has 0 bridgehead atoms. The van der Waals surface area contributed by atoms with Gasteiger partial charge in [0, 0.05) is 19.6 Å². The number of nitrogens with zero attached hydrogens (tertiary/aromatic N) is 1. The molecular formula is C9H17NO3. The summed E-state index contributed by atoms with van der Waals surface area (Å²) in [6.07, 6.45) is 4.00. The van der Waals surface area contributed by atoms with E-state index in [0.29, 0.717) is 19.4 Å². The number of rotatable bonds is 4. The van der Waals surface area contributed by atoms with E-state index in [0.717, 1.165) is 25.8 Å². The largest absolute Gasteiger partial charge is 0.396 e. The van der Waals surface area contributed by atoms with Crippen molar-refractivity contribution in [3.63, 3.8) is 0 Å². The van der Waals surface area contributed by atoms with Crippen LogP contribution in [0, 0.1) is 0 Å². The minimum Gasteiger partial charge on any atom is -0.396 e. The molecule has 1 aliphatic heterocycles. The maximum absolute atomic E-state index is 11.4. The number of carbonyl (C=O) groups is 1. The fourth-order valence-electron chi connectivity index (χ4n) is 1.31. The molecule has 1 amide bonds. The highest BCUT2D eigenvalue weighted by Gasteiger charge is 2.16. The first kappa shape index (κ1) is 10.5. The molecule has 1 saturated heterocycles. The lowest BCUT2D eigenvalue weighted by Crippen LogP contribution is -2.35. The lowest BCUT2D eigenvalue weighted by atomic mass is 10.2. The Morgan fingerprint density at radius 1 is 1.38 bits per heavy atom. The molecule has 13 heavy (non-hydrogen) atoms. The lowest BCUT2D eigenvalue weighted by molar-refractivity contribution is -0.197. The molecule has 0 aromatic heterocycles. The predicted octanol–water partition coefficient (Wildman–Crippen LogP) is 0.703. The van der Waals surface area contributed by atoms with Crippen LogP contribution in [-0.2, 0) is 9.63 Å². The second-order valence-electron chi connectivity index (χ2n) is 3.22. The summed E-state index contributed by atoms with van der Waals surface area (Å²) in [5, 5.41) is 9.99. The number of carbonyl (C=O) groups excluding carboxylic acids is 1. The van der Waals surface area contributed by atoms with Gasteiger partial charge in [0.25, 0.3) is 0 Å². The molecule has 1 fully saturated rings. The normalized spacial score (nSPS) is 17.5. The maximum Gasteiger partial charge on any atom is 0.246 e. The van der Waals surface area contributed by atoms with Crippen LogP contribution in [0.25, 0.3) is 0 Å². The molecule has 4 heteroatoms. The third-order valence-corrected chi connectivity index (χ3v) is 2.08. The first-order chi connectivity index (χ1) is 6.34. The third-order valence-electron chi connectivity index (χ3n) is 2.08. The van der Waals surface area contributed by atoms with Crippen molar-refractivity contribution in [2.24, 2.45) is 0 Å². The van der Waals surface area contributed by atoms with E-state index in [1.165, 1.54) is 5.06 Å². The van der Waals surface area contributed by atoms with Crippen LogP contribution in [0.2, 0.25) is 0 Å². The van der Waals surface area contributed by atoms with Crippen LogP contribution in [0.3, 0.4) is 0 Å². The summed E-state index contributed by atoms with van der Waals surface area (Å²) >= 11 is 0. The van der Waals surface area contributed by atoms with Crippen LogP contribution in [-0.4, -0.2) is 35.8 Å². The van der Waals surface area contributed by atoms with Crippen LogP contribution in [0.15, 0.2) is 0 Å². The van der Waals surface area contributed by atoms with E-state index in [9.17, 15) is 4.79 Å². The van der Waals surface area contributed by atoms with E-state index in [2.05, 4.69) is 0 Å². The minimum absolute atomic E-state index is 0.0492. The summed E-state index contributed by atoms with van der Waals surface area (Å²) in [6.45, 7) is 1.54. The fourth-order valence-corrected chi connectivity index (χ4v) is 1.31. The number of hydrogen-bond donors (Lipinski definition) is 1. The van der Waals surface area contributed by atoms with Crippen LogP contribution in [0.5, 0.6) is 0 Å². The zero-order valence-corrected chi connectivity index (χ0v) is 7.87. The Labute approximate surface area is 78.4 Å². The highest BCUT2D eigenvalue weighted by Crippen LogP contribution is 2.08. The quantitative estimate of drug-likeness (QED) is 0.659. The summed E-state index contributed by atoms with van der Waals surface area (Å²) in [5.74, 6) is 0.0492. The van der Waals surface area contributed by atoms with Gasteiger partial charge in [-0.3, -0.25) is 9.63 Å². The second-order valence-corrected chi connectivity index (χ2v) is 3.22. The molecular weight excluding hydrogens is 170 g/mol. The fraction of sp³-hybridized carbons (Fsp3) is 0.889. The first-order valence-electron chi connectivity index (χ1n) is 4.88. The van der Waals surface area contributed by atoms with E-state index in [1.807, 2.05) is 0 Å². The molecule has 1 aliphatic rings. The van der Waals surface area contributed by atoms with Crippen molar-refractivity contribution in [2.45, 2.75) is 32.1 Å². The van der Waals surface area contributed by atoms with Gasteiger partial charge in [-0.15, -0.1) is 0 Å². The molecule has 1 N–H and O–H groups in total. The predicted molar refractivity (Wildman–Crippen MR) is 47.8 cm³/mol. The smallest absolute Gasteiger partial charge is 0.246 e. The first-order valence-corrected chi connectivity index (χ1v) is 4.88. The molecule has 1 heterocycles. The molecule has 0 aromatic rings. The molecule has 4 nitrogen and oxygen atoms in total. The van der Waals surface area contributed by atoms with Gasteiger partial charge >= 0.3 is 0 Å². The molecule has 76 valence electrons. The van der Waals surface area contributed by atoms with Gasteiger partial charge in [-0.25, -0.2) is 5.06 Å². The summed E-state index contributed by atoms with van der Waals surface area (Å²) in [5.41, 5.74) is 0. The Kier molecular flexibility index (Phi) is 4.78. The molecule has 0 aromatic carbocycles. The average molecular weight is 187 g/mol. The highest BCUT2D eigenvalue weighted by molar-refractivity contribution is 5.75. The summed E-state index contributed by atoms with van der Waals surface area (Å²) < 4.78 is 0. The molecule has 0 atom stereocenters. The van der Waals surface area contributed by atoms with E-state index >= 15 is 0 Å². The van der Waals surface area contributed by atoms with E-state index in [1.54, 1.807) is 0 Å². The lowest BCUT2D eigenvalue weighted by Gasteiger charge is -2.25. The minimum atomic E-state index is 0.0492. The summed E-state index contributed by atoms with van der Waals surface area (Å²) in [7, 11) is 0. The van der Waals surface area contributed by atoms with Crippen LogP contribution < -0.4 is 0 Å². The molecule has 1 rings (SSSR count). The van der Waals surface area contributed by atoms with Crippen molar-refractivity contribution in [3.8, 4) is 0 Å². The molecule has 0 aliphatic carbocycles. The van der Waals surface area contributed by atoms with Crippen molar-refractivity contribution in [3.05, 3.63) is 0 Å². The maximum atomic E-state index is 11.4. The zero-order chi connectivity index (χ0) is 9.52. The SMILES string of the molecule is O=C(CCCCO)N1CCCCO1. The van der Waals surface area contributed by atoms with Gasteiger partial charge < -0.3 is 5.11 Å². The summed E-state index contributed by atoms with van der Waals surface area (Å²) in [4.78, 5) is 16.6. The van der Waals surface area contributed by atoms with E-state index in [-0.39, 0.29) is 12.5 Å². The van der Waals surface area contributed by atoms with Gasteiger partial charge in [-0.1, -0.05) is 0 Å². The van der Waals surface area contributed by atoms with Gasteiger partial charge in [0.1, 0.15) is 0 Å². The number of hydroxylamine groups is 2. The Balaban J connectivity index is 2.13. The van der Waals surface area contributed by atoms with Crippen LogP contribution in [0.1, 0.15) is 32.1 Å². The monoisotopic (exact) mass is 187 g/mol. The van der Waals surface area contributed by atoms with Crippen molar-refractivity contribution in [2.75, 3.05) is 19.8 Å². The molecule has 0 radical (unpaired) electrons. The van der Waals surface area contributed by atoms with E-state index in [4.69, 9.17) is 9.94 Å². The highest BCUT2D eigenvalue weighted by atomic mass is 16.7. The topological polar surface area (TPSA) is 49.8 Å². The number of amides is 1. The Bertz CT molecular complexity index is 155.